The van der Waals surface area contributed by atoms with Gasteiger partial charge in [-0.05, 0) is 137 Å². The molecular formula is C54H37N. The van der Waals surface area contributed by atoms with E-state index in [0.717, 1.165) is 17.1 Å². The lowest BCUT2D eigenvalue weighted by atomic mass is 9.70. The Morgan fingerprint density at radius 2 is 0.855 bits per heavy atom. The van der Waals surface area contributed by atoms with Crippen LogP contribution in [0.5, 0.6) is 0 Å². The Labute approximate surface area is 321 Å². The van der Waals surface area contributed by atoms with E-state index in [1.54, 1.807) is 0 Å². The summed E-state index contributed by atoms with van der Waals surface area (Å²) in [5.74, 6) is 0. The third-order valence-corrected chi connectivity index (χ3v) is 13.0. The molecule has 9 aromatic rings. The van der Waals surface area contributed by atoms with Gasteiger partial charge in [-0.3, -0.25) is 0 Å². The molecule has 0 unspecified atom stereocenters. The first-order valence-electron chi connectivity index (χ1n) is 19.4. The van der Waals surface area contributed by atoms with Crippen LogP contribution in [0.1, 0.15) is 47.2 Å². The third-order valence-electron chi connectivity index (χ3n) is 13.0. The highest BCUT2D eigenvalue weighted by atomic mass is 15.1. The molecule has 9 aromatic carbocycles. The van der Waals surface area contributed by atoms with Crippen LogP contribution in [0.3, 0.4) is 0 Å². The molecule has 0 radical (unpaired) electrons. The maximum absolute atomic E-state index is 2.48. The minimum atomic E-state index is -0.396. The molecule has 1 spiro atoms. The monoisotopic (exact) mass is 699 g/mol. The van der Waals surface area contributed by atoms with Gasteiger partial charge in [0.05, 0.1) is 5.41 Å². The van der Waals surface area contributed by atoms with Crippen LogP contribution < -0.4 is 4.90 Å². The Morgan fingerprint density at radius 3 is 1.53 bits per heavy atom. The van der Waals surface area contributed by atoms with Gasteiger partial charge in [0.1, 0.15) is 0 Å². The largest absolute Gasteiger partial charge is 0.310 e. The molecule has 258 valence electrons. The fourth-order valence-corrected chi connectivity index (χ4v) is 10.7. The van der Waals surface area contributed by atoms with E-state index in [1.807, 2.05) is 0 Å². The van der Waals surface area contributed by atoms with Gasteiger partial charge in [0.15, 0.2) is 0 Å². The highest BCUT2D eigenvalue weighted by Gasteiger charge is 2.51. The van der Waals surface area contributed by atoms with Crippen molar-refractivity contribution in [3.05, 3.63) is 221 Å². The Balaban J connectivity index is 1.07. The van der Waals surface area contributed by atoms with E-state index in [9.17, 15) is 0 Å². The molecule has 0 saturated carbocycles. The lowest BCUT2D eigenvalue weighted by Crippen LogP contribution is -2.26. The summed E-state index contributed by atoms with van der Waals surface area (Å²) in [6.45, 7) is 4.79. The molecule has 3 aliphatic rings. The summed E-state index contributed by atoms with van der Waals surface area (Å²) in [4.78, 5) is 2.45. The molecule has 0 bridgehead atoms. The zero-order valence-electron chi connectivity index (χ0n) is 30.8. The highest BCUT2D eigenvalue weighted by molar-refractivity contribution is 6.03. The number of anilines is 3. The number of fused-ring (bicyclic) bond motifs is 16. The quantitative estimate of drug-likeness (QED) is 0.177. The zero-order valence-corrected chi connectivity index (χ0v) is 30.8. The smallest absolute Gasteiger partial charge is 0.0726 e. The Kier molecular flexibility index (Phi) is 6.11. The minimum absolute atomic E-state index is 0.119. The summed E-state index contributed by atoms with van der Waals surface area (Å²) in [5, 5.41) is 5.17. The average Bonchev–Trinajstić information content (AvgIpc) is 3.79. The SMILES string of the molecule is CC1(C)c2cc3ccccc3cc2-c2ccc3cc(N(c4ccccc4)c4ccc5c(c4)C4(c6ccccc6-c6ccccc64)c4ccccc4-5)ccc3c21. The van der Waals surface area contributed by atoms with Crippen molar-refractivity contribution in [3.63, 3.8) is 0 Å². The Bertz CT molecular complexity index is 3010. The second-order valence-electron chi connectivity index (χ2n) is 16.1. The zero-order chi connectivity index (χ0) is 36.5. The topological polar surface area (TPSA) is 3.24 Å². The van der Waals surface area contributed by atoms with Gasteiger partial charge in [-0.15, -0.1) is 0 Å². The third kappa shape index (κ3) is 3.97. The number of para-hydroxylation sites is 1. The van der Waals surface area contributed by atoms with Crippen LogP contribution in [0.15, 0.2) is 188 Å². The van der Waals surface area contributed by atoms with Crippen LogP contribution >= 0.6 is 0 Å². The van der Waals surface area contributed by atoms with Gasteiger partial charge >= 0.3 is 0 Å². The molecular weight excluding hydrogens is 663 g/mol. The van der Waals surface area contributed by atoms with E-state index >= 15 is 0 Å². The van der Waals surface area contributed by atoms with Gasteiger partial charge in [0, 0.05) is 22.5 Å². The lowest BCUT2D eigenvalue weighted by molar-refractivity contribution is 0.667. The van der Waals surface area contributed by atoms with E-state index in [1.165, 1.54) is 88.3 Å². The molecule has 55 heavy (non-hydrogen) atoms. The fraction of sp³-hybridized carbons (Fsp3) is 0.0741. The van der Waals surface area contributed by atoms with Crippen molar-refractivity contribution in [1.29, 1.82) is 0 Å². The lowest BCUT2D eigenvalue weighted by Gasteiger charge is -2.32. The highest BCUT2D eigenvalue weighted by Crippen LogP contribution is 2.63. The number of benzene rings is 9. The summed E-state index contributed by atoms with van der Waals surface area (Å²) in [7, 11) is 0. The first-order chi connectivity index (χ1) is 27.0. The van der Waals surface area contributed by atoms with E-state index in [-0.39, 0.29) is 5.41 Å². The van der Waals surface area contributed by atoms with E-state index < -0.39 is 5.41 Å². The van der Waals surface area contributed by atoms with Gasteiger partial charge in [-0.2, -0.15) is 0 Å². The van der Waals surface area contributed by atoms with Crippen LogP contribution in [0.4, 0.5) is 17.1 Å². The second-order valence-corrected chi connectivity index (χ2v) is 16.1. The van der Waals surface area contributed by atoms with E-state index in [2.05, 4.69) is 207 Å². The van der Waals surface area contributed by atoms with Crippen LogP contribution in [-0.2, 0) is 10.8 Å². The second kappa shape index (κ2) is 10.9. The first-order valence-corrected chi connectivity index (χ1v) is 19.4. The molecule has 0 N–H and O–H groups in total. The Hall–Kier alpha value is -6.70. The number of nitrogens with zero attached hydrogens (tertiary/aromatic N) is 1. The molecule has 1 heteroatoms. The summed E-state index contributed by atoms with van der Waals surface area (Å²) in [5.41, 5.74) is 19.2. The summed E-state index contributed by atoms with van der Waals surface area (Å²) < 4.78 is 0. The van der Waals surface area contributed by atoms with Crippen molar-refractivity contribution in [2.75, 3.05) is 4.90 Å². The maximum atomic E-state index is 2.48. The average molecular weight is 700 g/mol. The van der Waals surface area contributed by atoms with Crippen LogP contribution in [0, 0.1) is 0 Å². The van der Waals surface area contributed by atoms with Crippen LogP contribution in [-0.4, -0.2) is 0 Å². The molecule has 0 amide bonds. The van der Waals surface area contributed by atoms with Crippen LogP contribution in [0.2, 0.25) is 0 Å². The van der Waals surface area contributed by atoms with Crippen molar-refractivity contribution < 1.29 is 0 Å². The van der Waals surface area contributed by atoms with Gasteiger partial charge in [0.2, 0.25) is 0 Å². The van der Waals surface area contributed by atoms with Crippen molar-refractivity contribution >= 4 is 38.6 Å². The number of hydrogen-bond donors (Lipinski definition) is 0. The molecule has 0 atom stereocenters. The predicted molar refractivity (Wildman–Crippen MR) is 230 cm³/mol. The van der Waals surface area contributed by atoms with Gasteiger partial charge in [-0.1, -0.05) is 153 Å². The molecule has 3 aliphatic carbocycles. The summed E-state index contributed by atoms with van der Waals surface area (Å²) in [6, 6.07) is 70.6. The molecule has 0 saturated heterocycles. The normalized spacial score (nSPS) is 14.7. The van der Waals surface area contributed by atoms with Gasteiger partial charge in [0.25, 0.3) is 0 Å². The standard InChI is InChI=1S/C54H37N/c1-53(2)50-32-35-15-7-6-14-34(35)31-46(50)45-27-24-36-30-38(25-28-40(36)52(45)53)55(37-16-4-3-5-17-37)39-26-29-44-43-20-10-13-23-49(43)54(51(44)33-39)47-21-11-8-18-41(47)42-19-9-12-22-48(42)54/h3-33H,1-2H3. The Morgan fingerprint density at radius 1 is 0.327 bits per heavy atom. The molecule has 0 aliphatic heterocycles. The van der Waals surface area contributed by atoms with Crippen molar-refractivity contribution in [2.45, 2.75) is 24.7 Å². The van der Waals surface area contributed by atoms with Crippen LogP contribution in [0.25, 0.3) is 54.9 Å². The molecule has 0 aromatic heterocycles. The predicted octanol–water partition coefficient (Wildman–Crippen LogP) is 14.1. The minimum Gasteiger partial charge on any atom is -0.310 e. The van der Waals surface area contributed by atoms with Crippen molar-refractivity contribution in [2.24, 2.45) is 0 Å². The summed E-state index contributed by atoms with van der Waals surface area (Å²) in [6.07, 6.45) is 0. The van der Waals surface area contributed by atoms with Crippen molar-refractivity contribution in [1.82, 2.24) is 0 Å². The van der Waals surface area contributed by atoms with Gasteiger partial charge in [-0.25, -0.2) is 0 Å². The molecule has 0 fully saturated rings. The molecule has 0 heterocycles. The van der Waals surface area contributed by atoms with Gasteiger partial charge < -0.3 is 4.90 Å². The van der Waals surface area contributed by atoms with Crippen molar-refractivity contribution in [3.8, 4) is 33.4 Å². The maximum Gasteiger partial charge on any atom is 0.0726 e. The fourth-order valence-electron chi connectivity index (χ4n) is 10.7. The number of rotatable bonds is 3. The molecule has 12 rings (SSSR count). The van der Waals surface area contributed by atoms with E-state index in [4.69, 9.17) is 0 Å². The number of hydrogen-bond acceptors (Lipinski definition) is 1. The first kappa shape index (κ1) is 30.7. The summed E-state index contributed by atoms with van der Waals surface area (Å²) >= 11 is 0. The molecule has 1 nitrogen and oxygen atoms in total. The van der Waals surface area contributed by atoms with E-state index in [0.29, 0.717) is 0 Å².